The number of ketones is 1. The van der Waals surface area contributed by atoms with Crippen molar-refractivity contribution in [2.45, 2.75) is 77.6 Å². The quantitative estimate of drug-likeness (QED) is 0.236. The maximum Gasteiger partial charge on any atom is 0.195 e. The summed E-state index contributed by atoms with van der Waals surface area (Å²) in [5.74, 6) is 0.110. The molecule has 2 aromatic carbocycles. The van der Waals surface area contributed by atoms with E-state index < -0.39 is 0 Å². The molecule has 0 atom stereocenters. The molecule has 3 nitrogen and oxygen atoms in total. The van der Waals surface area contributed by atoms with E-state index in [0.29, 0.717) is 0 Å². The fraction of sp³-hybridized carbons (Fsp3) is 0.519. The molecule has 3 N–H and O–H groups in total. The Morgan fingerprint density at radius 3 is 1.84 bits per heavy atom. The number of hydrogen-bond acceptors (Lipinski definition) is 3. The molecule has 31 heavy (non-hydrogen) atoms. The molecule has 4 heteroatoms. The topological polar surface area (TPSA) is 55.3 Å². The zero-order valence-electron chi connectivity index (χ0n) is 19.9. The molecule has 0 unspecified atom stereocenters. The Balaban J connectivity index is 0.00000450. The minimum Gasteiger partial charge on any atom is -0.377 e. The van der Waals surface area contributed by atoms with Gasteiger partial charge in [0.25, 0.3) is 0 Å². The Kier molecular flexibility index (Phi) is 15.8. The standard InChI is InChI=1S/C27H39NO.ClH.H3N/c1-4-5-6-7-8-9-10-11-12-14-18-23-21-17-22-25(26(23)28(2)3)27(29)24-19-15-13-16-20-24;;/h13,15-17,19-22H,4-12,14,18H2,1-3H3;1H;1H3. The highest BCUT2D eigenvalue weighted by atomic mass is 35.5. The van der Waals surface area contributed by atoms with Crippen LogP contribution < -0.4 is 11.1 Å². The van der Waals surface area contributed by atoms with Crippen molar-refractivity contribution in [2.24, 2.45) is 0 Å². The van der Waals surface area contributed by atoms with Crippen LogP contribution in [-0.2, 0) is 6.42 Å². The van der Waals surface area contributed by atoms with E-state index in [0.717, 1.165) is 23.2 Å². The first-order valence-corrected chi connectivity index (χ1v) is 11.5. The third kappa shape index (κ3) is 9.88. The van der Waals surface area contributed by atoms with Crippen LogP contribution in [0.4, 0.5) is 5.69 Å². The van der Waals surface area contributed by atoms with E-state index in [1.54, 1.807) is 0 Å². The smallest absolute Gasteiger partial charge is 0.195 e. The van der Waals surface area contributed by atoms with Crippen LogP contribution in [0.15, 0.2) is 48.5 Å². The van der Waals surface area contributed by atoms with Gasteiger partial charge in [-0.1, -0.05) is 107 Å². The molecule has 0 heterocycles. The van der Waals surface area contributed by atoms with Gasteiger partial charge in [-0.3, -0.25) is 4.79 Å². The van der Waals surface area contributed by atoms with Crippen molar-refractivity contribution in [1.29, 1.82) is 0 Å². The Hall–Kier alpha value is -1.84. The second-order valence-corrected chi connectivity index (χ2v) is 8.33. The van der Waals surface area contributed by atoms with E-state index in [2.05, 4.69) is 17.9 Å². The summed E-state index contributed by atoms with van der Waals surface area (Å²) in [5.41, 5.74) is 3.94. The van der Waals surface area contributed by atoms with Crippen molar-refractivity contribution >= 4 is 23.9 Å². The summed E-state index contributed by atoms with van der Waals surface area (Å²) < 4.78 is 0. The van der Waals surface area contributed by atoms with Crippen LogP contribution in [0.1, 0.15) is 92.6 Å². The number of hydrogen-bond donors (Lipinski definition) is 1. The number of carbonyl (C=O) groups excluding carboxylic acids is 1. The zero-order chi connectivity index (χ0) is 20.9. The van der Waals surface area contributed by atoms with Crippen molar-refractivity contribution in [3.63, 3.8) is 0 Å². The summed E-state index contributed by atoms with van der Waals surface area (Å²) in [6.07, 6.45) is 14.5. The van der Waals surface area contributed by atoms with Crippen molar-refractivity contribution in [2.75, 3.05) is 19.0 Å². The highest BCUT2D eigenvalue weighted by molar-refractivity contribution is 6.12. The zero-order valence-corrected chi connectivity index (χ0v) is 20.7. The summed E-state index contributed by atoms with van der Waals surface area (Å²) in [5, 5.41) is 0. The molecule has 0 fully saturated rings. The summed E-state index contributed by atoms with van der Waals surface area (Å²) in [6.45, 7) is 2.27. The van der Waals surface area contributed by atoms with Crippen LogP contribution in [0.2, 0.25) is 0 Å². The molecule has 0 radical (unpaired) electrons. The molecule has 174 valence electrons. The third-order valence-electron chi connectivity index (χ3n) is 5.65. The minimum atomic E-state index is 0. The van der Waals surface area contributed by atoms with E-state index in [9.17, 15) is 4.79 Å². The number of para-hydroxylation sites is 1. The third-order valence-corrected chi connectivity index (χ3v) is 5.65. The predicted octanol–water partition coefficient (Wildman–Crippen LogP) is 8.03. The van der Waals surface area contributed by atoms with Crippen molar-refractivity contribution in [3.8, 4) is 0 Å². The first kappa shape index (κ1) is 29.2. The van der Waals surface area contributed by atoms with Gasteiger partial charge < -0.3 is 11.1 Å². The lowest BCUT2D eigenvalue weighted by Gasteiger charge is -2.21. The molecule has 0 aliphatic heterocycles. The molecule has 2 aromatic rings. The fourth-order valence-electron chi connectivity index (χ4n) is 4.05. The van der Waals surface area contributed by atoms with Crippen LogP contribution in [-0.4, -0.2) is 19.9 Å². The molecule has 0 spiro atoms. The van der Waals surface area contributed by atoms with Gasteiger partial charge >= 0.3 is 0 Å². The molecule has 0 aliphatic carbocycles. The fourth-order valence-corrected chi connectivity index (χ4v) is 4.05. The van der Waals surface area contributed by atoms with E-state index in [1.807, 2.05) is 56.6 Å². The van der Waals surface area contributed by atoms with Crippen LogP contribution in [0.25, 0.3) is 0 Å². The maximum absolute atomic E-state index is 13.0. The van der Waals surface area contributed by atoms with E-state index in [-0.39, 0.29) is 24.3 Å². The lowest BCUT2D eigenvalue weighted by atomic mass is 9.95. The van der Waals surface area contributed by atoms with Gasteiger partial charge in [0.05, 0.1) is 5.69 Å². The monoisotopic (exact) mass is 446 g/mol. The summed E-state index contributed by atoms with van der Waals surface area (Å²) in [7, 11) is 4.08. The molecule has 0 amide bonds. The number of aryl methyl sites for hydroxylation is 1. The predicted molar refractivity (Wildman–Crippen MR) is 138 cm³/mol. The second-order valence-electron chi connectivity index (χ2n) is 8.33. The lowest BCUT2D eigenvalue weighted by Crippen LogP contribution is -2.17. The molecule has 0 saturated heterocycles. The Bertz CT molecular complexity index is 731. The van der Waals surface area contributed by atoms with Crippen LogP contribution in [0.5, 0.6) is 0 Å². The molecule has 0 aliphatic rings. The first-order chi connectivity index (χ1) is 14.1. The van der Waals surface area contributed by atoms with Gasteiger partial charge in [0.1, 0.15) is 0 Å². The number of rotatable bonds is 14. The van der Waals surface area contributed by atoms with E-state index in [1.165, 1.54) is 69.8 Å². The minimum absolute atomic E-state index is 0. The van der Waals surface area contributed by atoms with Gasteiger partial charge in [-0.2, -0.15) is 0 Å². The number of unbranched alkanes of at least 4 members (excludes halogenated alkanes) is 9. The van der Waals surface area contributed by atoms with E-state index >= 15 is 0 Å². The van der Waals surface area contributed by atoms with Gasteiger partial charge in [-0.05, 0) is 24.5 Å². The number of anilines is 1. The van der Waals surface area contributed by atoms with Crippen molar-refractivity contribution in [3.05, 3.63) is 65.2 Å². The lowest BCUT2D eigenvalue weighted by molar-refractivity contribution is 0.103. The highest BCUT2D eigenvalue weighted by Crippen LogP contribution is 2.28. The Morgan fingerprint density at radius 2 is 1.29 bits per heavy atom. The van der Waals surface area contributed by atoms with Gasteiger partial charge in [-0.25, -0.2) is 0 Å². The second kappa shape index (κ2) is 16.8. The average Bonchev–Trinajstić information content (AvgIpc) is 2.74. The summed E-state index contributed by atoms with van der Waals surface area (Å²) in [6, 6.07) is 15.8. The first-order valence-electron chi connectivity index (χ1n) is 11.5. The highest BCUT2D eigenvalue weighted by Gasteiger charge is 2.17. The maximum atomic E-state index is 13.0. The SMILES string of the molecule is CCCCCCCCCCCCc1cccc(C(=O)c2ccccc2)c1N(C)C.Cl.N. The average molecular weight is 447 g/mol. The largest absolute Gasteiger partial charge is 0.377 e. The molecule has 0 bridgehead atoms. The van der Waals surface area contributed by atoms with Gasteiger partial charge in [-0.15, -0.1) is 12.4 Å². The summed E-state index contributed by atoms with van der Waals surface area (Å²) in [4.78, 5) is 15.1. The van der Waals surface area contributed by atoms with Crippen molar-refractivity contribution < 1.29 is 4.79 Å². The Labute approximate surface area is 196 Å². The summed E-state index contributed by atoms with van der Waals surface area (Å²) >= 11 is 0. The van der Waals surface area contributed by atoms with Crippen LogP contribution in [0.3, 0.4) is 0 Å². The molecule has 0 aromatic heterocycles. The van der Waals surface area contributed by atoms with Gasteiger partial charge in [0, 0.05) is 25.2 Å². The molecule has 2 rings (SSSR count). The number of carbonyl (C=O) groups is 1. The normalized spacial score (nSPS) is 10.2. The van der Waals surface area contributed by atoms with Gasteiger partial charge in [0.2, 0.25) is 0 Å². The van der Waals surface area contributed by atoms with Gasteiger partial charge in [0.15, 0.2) is 5.78 Å². The van der Waals surface area contributed by atoms with Crippen LogP contribution in [0, 0.1) is 0 Å². The number of nitrogens with zero attached hydrogens (tertiary/aromatic N) is 1. The molecular weight excluding hydrogens is 404 g/mol. The Morgan fingerprint density at radius 1 is 0.742 bits per heavy atom. The molecular formula is C27H43ClN2O. The van der Waals surface area contributed by atoms with Crippen molar-refractivity contribution in [1.82, 2.24) is 6.15 Å². The number of benzene rings is 2. The van der Waals surface area contributed by atoms with Crippen LogP contribution >= 0.6 is 12.4 Å². The van der Waals surface area contributed by atoms with E-state index in [4.69, 9.17) is 0 Å². The number of halogens is 1. The molecule has 0 saturated carbocycles.